The van der Waals surface area contributed by atoms with Crippen molar-refractivity contribution >= 4 is 29.0 Å². The standard InChI is InChI=1S/C14H16N2O2S/c1-10(19-9-13-6-3-7-18-13)14(17)16-12-5-2-4-11(15)8-12/h2-8,10H,9,15H2,1H3,(H,16,17). The van der Waals surface area contributed by atoms with Gasteiger partial charge in [-0.3, -0.25) is 4.79 Å². The minimum Gasteiger partial charge on any atom is -0.468 e. The Morgan fingerprint density at radius 2 is 2.26 bits per heavy atom. The zero-order valence-electron chi connectivity index (χ0n) is 10.6. The van der Waals surface area contributed by atoms with Crippen LogP contribution in [0.2, 0.25) is 0 Å². The molecule has 0 bridgehead atoms. The van der Waals surface area contributed by atoms with Gasteiger partial charge in [-0.2, -0.15) is 0 Å². The van der Waals surface area contributed by atoms with Gasteiger partial charge in [-0.1, -0.05) is 6.07 Å². The van der Waals surface area contributed by atoms with Gasteiger partial charge in [0, 0.05) is 11.4 Å². The van der Waals surface area contributed by atoms with Gasteiger partial charge in [0.2, 0.25) is 5.91 Å². The number of rotatable bonds is 5. The van der Waals surface area contributed by atoms with Crippen LogP contribution in [0.15, 0.2) is 47.1 Å². The molecule has 0 saturated heterocycles. The topological polar surface area (TPSA) is 68.3 Å². The van der Waals surface area contributed by atoms with Gasteiger partial charge < -0.3 is 15.5 Å². The molecule has 1 atom stereocenters. The molecule has 2 rings (SSSR count). The molecule has 1 unspecified atom stereocenters. The molecule has 2 aromatic rings. The second-order valence-corrected chi connectivity index (χ2v) is 5.48. The van der Waals surface area contributed by atoms with E-state index in [1.807, 2.05) is 31.2 Å². The van der Waals surface area contributed by atoms with E-state index in [2.05, 4.69) is 5.32 Å². The summed E-state index contributed by atoms with van der Waals surface area (Å²) in [6, 6.07) is 10.9. The molecule has 5 heteroatoms. The highest BCUT2D eigenvalue weighted by Gasteiger charge is 2.14. The maximum absolute atomic E-state index is 12.0. The maximum Gasteiger partial charge on any atom is 0.237 e. The fourth-order valence-electron chi connectivity index (χ4n) is 1.54. The molecule has 4 nitrogen and oxygen atoms in total. The third-order valence-corrected chi connectivity index (χ3v) is 3.74. The number of carbonyl (C=O) groups excluding carboxylic acids is 1. The smallest absolute Gasteiger partial charge is 0.237 e. The monoisotopic (exact) mass is 276 g/mol. The largest absolute Gasteiger partial charge is 0.468 e. The zero-order chi connectivity index (χ0) is 13.7. The van der Waals surface area contributed by atoms with Gasteiger partial charge in [0.25, 0.3) is 0 Å². The first-order valence-electron chi connectivity index (χ1n) is 5.95. The number of anilines is 2. The Labute approximate surface area is 116 Å². The van der Waals surface area contributed by atoms with Gasteiger partial charge in [0.1, 0.15) is 5.76 Å². The fourth-order valence-corrected chi connectivity index (χ4v) is 2.33. The molecule has 0 aliphatic carbocycles. The van der Waals surface area contributed by atoms with Crippen molar-refractivity contribution in [3.05, 3.63) is 48.4 Å². The van der Waals surface area contributed by atoms with Crippen LogP contribution < -0.4 is 11.1 Å². The average molecular weight is 276 g/mol. The van der Waals surface area contributed by atoms with Crippen molar-refractivity contribution in [2.45, 2.75) is 17.9 Å². The summed E-state index contributed by atoms with van der Waals surface area (Å²) in [6.07, 6.45) is 1.63. The number of carbonyl (C=O) groups is 1. The molecule has 0 radical (unpaired) electrons. The number of hydrogen-bond donors (Lipinski definition) is 2. The predicted octanol–water partition coefficient (Wildman–Crippen LogP) is 3.12. The summed E-state index contributed by atoms with van der Waals surface area (Å²) in [5.74, 6) is 1.51. The number of hydrogen-bond acceptors (Lipinski definition) is 4. The minimum atomic E-state index is -0.161. The number of benzene rings is 1. The maximum atomic E-state index is 12.0. The molecule has 0 spiro atoms. The Kier molecular flexibility index (Phi) is 4.52. The van der Waals surface area contributed by atoms with E-state index in [9.17, 15) is 4.79 Å². The molecule has 19 heavy (non-hydrogen) atoms. The predicted molar refractivity (Wildman–Crippen MR) is 78.9 cm³/mol. The molecule has 0 aliphatic rings. The van der Waals surface area contributed by atoms with Crippen LogP contribution in [0.5, 0.6) is 0 Å². The number of furan rings is 1. The van der Waals surface area contributed by atoms with Gasteiger partial charge in [-0.15, -0.1) is 11.8 Å². The summed E-state index contributed by atoms with van der Waals surface area (Å²) < 4.78 is 5.23. The van der Waals surface area contributed by atoms with Crippen molar-refractivity contribution in [1.82, 2.24) is 0 Å². The minimum absolute atomic E-state index is 0.0397. The fraction of sp³-hybridized carbons (Fsp3) is 0.214. The second kappa shape index (κ2) is 6.33. The molecule has 1 heterocycles. The Bertz CT molecular complexity index is 540. The number of nitrogen functional groups attached to an aromatic ring is 1. The van der Waals surface area contributed by atoms with E-state index < -0.39 is 0 Å². The Morgan fingerprint density at radius 1 is 1.42 bits per heavy atom. The highest BCUT2D eigenvalue weighted by molar-refractivity contribution is 7.99. The lowest BCUT2D eigenvalue weighted by atomic mass is 10.3. The lowest BCUT2D eigenvalue weighted by Gasteiger charge is -2.11. The summed E-state index contributed by atoms with van der Waals surface area (Å²) >= 11 is 1.53. The molecule has 0 fully saturated rings. The van der Waals surface area contributed by atoms with Crippen molar-refractivity contribution in [3.8, 4) is 0 Å². The second-order valence-electron chi connectivity index (χ2n) is 4.15. The Balaban J connectivity index is 1.85. The van der Waals surface area contributed by atoms with Crippen molar-refractivity contribution in [2.24, 2.45) is 0 Å². The van der Waals surface area contributed by atoms with Crippen molar-refractivity contribution in [3.63, 3.8) is 0 Å². The van der Waals surface area contributed by atoms with Gasteiger partial charge in [0.05, 0.1) is 17.3 Å². The van der Waals surface area contributed by atoms with Crippen molar-refractivity contribution in [1.29, 1.82) is 0 Å². The van der Waals surface area contributed by atoms with E-state index in [4.69, 9.17) is 10.2 Å². The molecule has 100 valence electrons. The molecule has 0 aliphatic heterocycles. The van der Waals surface area contributed by atoms with Gasteiger partial charge >= 0.3 is 0 Å². The Hall–Kier alpha value is -1.88. The van der Waals surface area contributed by atoms with Crippen LogP contribution >= 0.6 is 11.8 Å². The van der Waals surface area contributed by atoms with Crippen LogP contribution in [0.3, 0.4) is 0 Å². The van der Waals surface area contributed by atoms with E-state index in [-0.39, 0.29) is 11.2 Å². The van der Waals surface area contributed by atoms with E-state index in [0.29, 0.717) is 11.4 Å². The average Bonchev–Trinajstić information content (AvgIpc) is 2.89. The number of thioether (sulfide) groups is 1. The summed E-state index contributed by atoms with van der Waals surface area (Å²) in [6.45, 7) is 1.87. The third kappa shape index (κ3) is 4.06. The quantitative estimate of drug-likeness (QED) is 0.823. The number of amides is 1. The third-order valence-electron chi connectivity index (χ3n) is 2.58. The van der Waals surface area contributed by atoms with E-state index in [1.165, 1.54) is 11.8 Å². The molecular formula is C14H16N2O2S. The first kappa shape index (κ1) is 13.5. The molecule has 3 N–H and O–H groups in total. The van der Waals surface area contributed by atoms with Gasteiger partial charge in [0.15, 0.2) is 0 Å². The summed E-state index contributed by atoms with van der Waals surface area (Å²) in [5, 5.41) is 2.68. The molecular weight excluding hydrogens is 260 g/mol. The lowest BCUT2D eigenvalue weighted by Crippen LogP contribution is -2.22. The lowest BCUT2D eigenvalue weighted by molar-refractivity contribution is -0.115. The van der Waals surface area contributed by atoms with E-state index in [1.54, 1.807) is 18.4 Å². The number of nitrogens with two attached hydrogens (primary N) is 1. The number of nitrogens with one attached hydrogen (secondary N) is 1. The highest BCUT2D eigenvalue weighted by atomic mass is 32.2. The van der Waals surface area contributed by atoms with Crippen LogP contribution in [-0.2, 0) is 10.5 Å². The SMILES string of the molecule is CC(SCc1ccco1)C(=O)Nc1cccc(N)c1. The van der Waals surface area contributed by atoms with Crippen LogP contribution in [0.1, 0.15) is 12.7 Å². The van der Waals surface area contributed by atoms with E-state index >= 15 is 0 Å². The summed E-state index contributed by atoms with van der Waals surface area (Å²) in [4.78, 5) is 12.0. The molecule has 1 amide bonds. The first-order valence-corrected chi connectivity index (χ1v) is 7.00. The van der Waals surface area contributed by atoms with Crippen LogP contribution in [-0.4, -0.2) is 11.2 Å². The molecule has 1 aromatic carbocycles. The van der Waals surface area contributed by atoms with Crippen LogP contribution in [0, 0.1) is 0 Å². The van der Waals surface area contributed by atoms with Gasteiger partial charge in [-0.25, -0.2) is 0 Å². The first-order chi connectivity index (χ1) is 9.15. The molecule has 0 saturated carbocycles. The van der Waals surface area contributed by atoms with E-state index in [0.717, 1.165) is 11.4 Å². The zero-order valence-corrected chi connectivity index (χ0v) is 11.4. The normalized spacial score (nSPS) is 12.1. The van der Waals surface area contributed by atoms with Gasteiger partial charge in [-0.05, 0) is 37.3 Å². The van der Waals surface area contributed by atoms with Crippen molar-refractivity contribution in [2.75, 3.05) is 11.1 Å². The van der Waals surface area contributed by atoms with Crippen molar-refractivity contribution < 1.29 is 9.21 Å². The van der Waals surface area contributed by atoms with Crippen LogP contribution in [0.4, 0.5) is 11.4 Å². The Morgan fingerprint density at radius 3 is 2.95 bits per heavy atom. The summed E-state index contributed by atoms with van der Waals surface area (Å²) in [7, 11) is 0. The summed E-state index contributed by atoms with van der Waals surface area (Å²) in [5.41, 5.74) is 7.02. The molecule has 1 aromatic heterocycles. The van der Waals surface area contributed by atoms with Crippen LogP contribution in [0.25, 0.3) is 0 Å². The highest BCUT2D eigenvalue weighted by Crippen LogP contribution is 2.20.